The number of aromatic nitrogens is 2. The van der Waals surface area contributed by atoms with Crippen LogP contribution in [-0.4, -0.2) is 29.6 Å². The first-order valence-electron chi connectivity index (χ1n) is 4.25. The second kappa shape index (κ2) is 5.29. The van der Waals surface area contributed by atoms with Crippen LogP contribution in [0.15, 0.2) is 12.4 Å². The summed E-state index contributed by atoms with van der Waals surface area (Å²) >= 11 is 0. The highest BCUT2D eigenvalue weighted by atomic mass is 16.5. The molecule has 0 spiro atoms. The number of methoxy groups -OCH3 is 1. The number of hydrogen-bond acceptors (Lipinski definition) is 4. The van der Waals surface area contributed by atoms with Gasteiger partial charge in [-0.05, 0) is 6.92 Å². The summed E-state index contributed by atoms with van der Waals surface area (Å²) in [5.74, 6) is -0.158. The monoisotopic (exact) mass is 195 g/mol. The molecule has 1 heterocycles. The van der Waals surface area contributed by atoms with Gasteiger partial charge in [0.25, 0.3) is 0 Å². The SMILES string of the molecule is COCC(=O)NCc1cnc(C)cn1. The molecule has 1 amide bonds. The fourth-order valence-corrected chi connectivity index (χ4v) is 0.882. The molecule has 0 fully saturated rings. The van der Waals surface area contributed by atoms with E-state index in [-0.39, 0.29) is 12.5 Å². The molecule has 1 N–H and O–H groups in total. The number of rotatable bonds is 4. The van der Waals surface area contributed by atoms with Crippen LogP contribution in [0.1, 0.15) is 11.4 Å². The summed E-state index contributed by atoms with van der Waals surface area (Å²) in [6, 6.07) is 0. The number of nitrogens with zero attached hydrogens (tertiary/aromatic N) is 2. The van der Waals surface area contributed by atoms with Crippen molar-refractivity contribution in [3.05, 3.63) is 23.8 Å². The standard InChI is InChI=1S/C9H13N3O2/c1-7-3-11-8(4-10-7)5-12-9(13)6-14-2/h3-4H,5-6H2,1-2H3,(H,12,13). The van der Waals surface area contributed by atoms with Crippen LogP contribution < -0.4 is 5.32 Å². The number of ether oxygens (including phenoxy) is 1. The molecule has 0 unspecified atom stereocenters. The van der Waals surface area contributed by atoms with Gasteiger partial charge in [-0.2, -0.15) is 0 Å². The van der Waals surface area contributed by atoms with Crippen molar-refractivity contribution in [3.8, 4) is 0 Å². The van der Waals surface area contributed by atoms with E-state index in [1.54, 1.807) is 12.4 Å². The van der Waals surface area contributed by atoms with Gasteiger partial charge in [-0.25, -0.2) is 0 Å². The number of aryl methyl sites for hydroxylation is 1. The van der Waals surface area contributed by atoms with Gasteiger partial charge < -0.3 is 10.1 Å². The topological polar surface area (TPSA) is 64.1 Å². The van der Waals surface area contributed by atoms with Gasteiger partial charge in [-0.1, -0.05) is 0 Å². The van der Waals surface area contributed by atoms with Crippen LogP contribution in [0.4, 0.5) is 0 Å². The van der Waals surface area contributed by atoms with E-state index in [0.717, 1.165) is 11.4 Å². The lowest BCUT2D eigenvalue weighted by Crippen LogP contribution is -2.26. The molecule has 0 aliphatic carbocycles. The first-order chi connectivity index (χ1) is 6.72. The molecule has 0 aromatic carbocycles. The summed E-state index contributed by atoms with van der Waals surface area (Å²) < 4.78 is 4.66. The van der Waals surface area contributed by atoms with Gasteiger partial charge >= 0.3 is 0 Å². The molecule has 0 aliphatic heterocycles. The molecule has 0 aliphatic rings. The smallest absolute Gasteiger partial charge is 0.246 e. The maximum atomic E-state index is 11.0. The highest BCUT2D eigenvalue weighted by Gasteiger charge is 2.00. The second-order valence-corrected chi connectivity index (χ2v) is 2.86. The van der Waals surface area contributed by atoms with Gasteiger partial charge in [0.05, 0.1) is 24.1 Å². The Bertz CT molecular complexity index is 297. The van der Waals surface area contributed by atoms with Crippen LogP contribution >= 0.6 is 0 Å². The van der Waals surface area contributed by atoms with Crippen LogP contribution in [-0.2, 0) is 16.1 Å². The van der Waals surface area contributed by atoms with Crippen molar-refractivity contribution in [3.63, 3.8) is 0 Å². The van der Waals surface area contributed by atoms with E-state index >= 15 is 0 Å². The summed E-state index contributed by atoms with van der Waals surface area (Å²) in [5.41, 5.74) is 1.59. The molecule has 0 atom stereocenters. The first-order valence-corrected chi connectivity index (χ1v) is 4.25. The molecule has 5 nitrogen and oxygen atoms in total. The summed E-state index contributed by atoms with van der Waals surface area (Å²) in [4.78, 5) is 19.1. The van der Waals surface area contributed by atoms with E-state index in [1.165, 1.54) is 7.11 Å². The third-order valence-corrected chi connectivity index (χ3v) is 1.58. The lowest BCUT2D eigenvalue weighted by atomic mass is 10.4. The van der Waals surface area contributed by atoms with Gasteiger partial charge in [0.1, 0.15) is 6.61 Å². The van der Waals surface area contributed by atoms with E-state index < -0.39 is 0 Å². The molecule has 0 saturated carbocycles. The molecule has 0 saturated heterocycles. The molecular formula is C9H13N3O2. The van der Waals surface area contributed by atoms with Crippen molar-refractivity contribution in [1.29, 1.82) is 0 Å². The van der Waals surface area contributed by atoms with Crippen LogP contribution in [0.3, 0.4) is 0 Å². The predicted octanol–water partition coefficient (Wildman–Crippen LogP) is 0.0476. The van der Waals surface area contributed by atoms with Crippen molar-refractivity contribution >= 4 is 5.91 Å². The van der Waals surface area contributed by atoms with E-state index in [2.05, 4.69) is 20.0 Å². The molecule has 1 aromatic rings. The summed E-state index contributed by atoms with van der Waals surface area (Å²) in [5, 5.41) is 2.65. The Kier molecular flexibility index (Phi) is 4.00. The Balaban J connectivity index is 2.38. The van der Waals surface area contributed by atoms with Crippen LogP contribution in [0, 0.1) is 6.92 Å². The largest absolute Gasteiger partial charge is 0.375 e. The summed E-state index contributed by atoms with van der Waals surface area (Å²) in [6.07, 6.45) is 3.31. The zero-order valence-corrected chi connectivity index (χ0v) is 8.28. The minimum absolute atomic E-state index is 0.0687. The molecule has 76 valence electrons. The molecular weight excluding hydrogens is 182 g/mol. The van der Waals surface area contributed by atoms with E-state index in [1.807, 2.05) is 6.92 Å². The fraction of sp³-hybridized carbons (Fsp3) is 0.444. The van der Waals surface area contributed by atoms with Crippen molar-refractivity contribution in [2.45, 2.75) is 13.5 Å². The first kappa shape index (κ1) is 10.6. The molecule has 0 bridgehead atoms. The maximum absolute atomic E-state index is 11.0. The molecule has 0 radical (unpaired) electrons. The molecule has 14 heavy (non-hydrogen) atoms. The lowest BCUT2D eigenvalue weighted by Gasteiger charge is -2.03. The lowest BCUT2D eigenvalue weighted by molar-refractivity contribution is -0.124. The summed E-state index contributed by atoms with van der Waals surface area (Å²) in [6.45, 7) is 2.31. The normalized spacial score (nSPS) is 9.86. The number of hydrogen-bond donors (Lipinski definition) is 1. The average molecular weight is 195 g/mol. The quantitative estimate of drug-likeness (QED) is 0.737. The van der Waals surface area contributed by atoms with Crippen molar-refractivity contribution in [1.82, 2.24) is 15.3 Å². The van der Waals surface area contributed by atoms with Crippen molar-refractivity contribution in [2.24, 2.45) is 0 Å². The zero-order valence-electron chi connectivity index (χ0n) is 8.28. The third-order valence-electron chi connectivity index (χ3n) is 1.58. The molecule has 1 rings (SSSR count). The highest BCUT2D eigenvalue weighted by molar-refractivity contribution is 5.77. The van der Waals surface area contributed by atoms with Gasteiger partial charge in [0.2, 0.25) is 5.91 Å². The van der Waals surface area contributed by atoms with Crippen LogP contribution in [0.2, 0.25) is 0 Å². The Morgan fingerprint density at radius 3 is 2.86 bits per heavy atom. The number of nitrogens with one attached hydrogen (secondary N) is 1. The van der Waals surface area contributed by atoms with Gasteiger partial charge in [-0.3, -0.25) is 14.8 Å². The van der Waals surface area contributed by atoms with Crippen molar-refractivity contribution in [2.75, 3.05) is 13.7 Å². The van der Waals surface area contributed by atoms with Crippen LogP contribution in [0.25, 0.3) is 0 Å². The highest BCUT2D eigenvalue weighted by Crippen LogP contribution is 1.92. The minimum Gasteiger partial charge on any atom is -0.375 e. The number of amides is 1. The van der Waals surface area contributed by atoms with Gasteiger partial charge in [0.15, 0.2) is 0 Å². The Labute approximate surface area is 82.5 Å². The predicted molar refractivity (Wildman–Crippen MR) is 50.5 cm³/mol. The Morgan fingerprint density at radius 2 is 2.29 bits per heavy atom. The molecule has 5 heteroatoms. The zero-order chi connectivity index (χ0) is 10.4. The number of carbonyl (C=O) groups excluding carboxylic acids is 1. The fourth-order valence-electron chi connectivity index (χ4n) is 0.882. The van der Waals surface area contributed by atoms with Gasteiger partial charge in [0, 0.05) is 13.3 Å². The maximum Gasteiger partial charge on any atom is 0.246 e. The summed E-state index contributed by atoms with van der Waals surface area (Å²) in [7, 11) is 1.48. The Hall–Kier alpha value is -1.49. The second-order valence-electron chi connectivity index (χ2n) is 2.86. The van der Waals surface area contributed by atoms with E-state index in [0.29, 0.717) is 6.54 Å². The van der Waals surface area contributed by atoms with Crippen LogP contribution in [0.5, 0.6) is 0 Å². The van der Waals surface area contributed by atoms with E-state index in [9.17, 15) is 4.79 Å². The average Bonchev–Trinajstić information content (AvgIpc) is 2.17. The van der Waals surface area contributed by atoms with Crippen molar-refractivity contribution < 1.29 is 9.53 Å². The molecule has 1 aromatic heterocycles. The minimum atomic E-state index is -0.158. The third kappa shape index (κ3) is 3.49. The Morgan fingerprint density at radius 1 is 1.50 bits per heavy atom. The van der Waals surface area contributed by atoms with E-state index in [4.69, 9.17) is 0 Å². The van der Waals surface area contributed by atoms with Gasteiger partial charge in [-0.15, -0.1) is 0 Å². The number of carbonyl (C=O) groups is 1.